The van der Waals surface area contributed by atoms with Gasteiger partial charge in [-0.25, -0.2) is 0 Å². The third kappa shape index (κ3) is 30.9. The van der Waals surface area contributed by atoms with Crippen LogP contribution in [0.25, 0.3) is 0 Å². The summed E-state index contributed by atoms with van der Waals surface area (Å²) in [5.41, 5.74) is -0.383. The smallest absolute Gasteiger partial charge is 0.0645 e. The van der Waals surface area contributed by atoms with Crippen LogP contribution in [0.5, 0.6) is 0 Å². The molecule has 0 aliphatic carbocycles. The van der Waals surface area contributed by atoms with Gasteiger partial charge in [0.05, 0.1) is 5.60 Å². The maximum absolute atomic E-state index is 11.1. The van der Waals surface area contributed by atoms with Gasteiger partial charge in [0, 0.05) is 0 Å². The fraction of sp³-hybridized carbons (Fsp3) is 1.00. The molecule has 0 heterocycles. The summed E-state index contributed by atoms with van der Waals surface area (Å²) in [4.78, 5) is 0. The molecular weight excluding hydrogens is 484 g/mol. The molecule has 1 N–H and O–H groups in total. The Morgan fingerprint density at radius 1 is 0.275 bits per heavy atom. The molecule has 0 aliphatic heterocycles. The van der Waals surface area contributed by atoms with Gasteiger partial charge in [-0.05, 0) is 19.3 Å². The van der Waals surface area contributed by atoms with Crippen LogP contribution in [0.4, 0.5) is 0 Å². The van der Waals surface area contributed by atoms with Gasteiger partial charge in [0.1, 0.15) is 0 Å². The number of hydrogen-bond acceptors (Lipinski definition) is 1. The summed E-state index contributed by atoms with van der Waals surface area (Å²) in [5.74, 6) is 0. The van der Waals surface area contributed by atoms with E-state index < -0.39 is 0 Å². The van der Waals surface area contributed by atoms with E-state index in [1.54, 1.807) is 0 Å². The number of aliphatic hydroxyl groups is 1. The molecule has 1 heteroatoms. The highest BCUT2D eigenvalue weighted by Crippen LogP contribution is 2.26. The highest BCUT2D eigenvalue weighted by atomic mass is 16.3. The standard InChI is InChI=1S/C39H80O/c1-4-7-9-11-13-15-17-19-21-23-25-27-29-31-33-35-37-39(40,6-3)38-36-34-32-30-28-26-24-22-20-18-16-14-12-10-8-5-2/h40H,4-38H2,1-3H3. The van der Waals surface area contributed by atoms with Crippen LogP contribution < -0.4 is 0 Å². The Kier molecular flexibility index (Phi) is 33.4. The first-order chi connectivity index (χ1) is 19.7. The van der Waals surface area contributed by atoms with Crippen molar-refractivity contribution in [3.05, 3.63) is 0 Å². The van der Waals surface area contributed by atoms with Crippen LogP contribution in [-0.4, -0.2) is 10.7 Å². The molecule has 1 nitrogen and oxygen atoms in total. The van der Waals surface area contributed by atoms with E-state index in [2.05, 4.69) is 20.8 Å². The lowest BCUT2D eigenvalue weighted by atomic mass is 9.87. The summed E-state index contributed by atoms with van der Waals surface area (Å²) >= 11 is 0. The van der Waals surface area contributed by atoms with E-state index in [0.29, 0.717) is 0 Å². The summed E-state index contributed by atoms with van der Waals surface area (Å²) in [7, 11) is 0. The SMILES string of the molecule is CCCCCCCCCCCCCCCCCCC(O)(CC)CCCCCCCCCCCCCCCCCC. The first-order valence-electron chi connectivity index (χ1n) is 19.4. The number of hydrogen-bond donors (Lipinski definition) is 1. The van der Waals surface area contributed by atoms with Crippen LogP contribution >= 0.6 is 0 Å². The number of unbranched alkanes of at least 4 members (excludes halogenated alkanes) is 30. The maximum Gasteiger partial charge on any atom is 0.0645 e. The van der Waals surface area contributed by atoms with E-state index in [9.17, 15) is 5.11 Å². The topological polar surface area (TPSA) is 20.2 Å². The first-order valence-corrected chi connectivity index (χ1v) is 19.4. The van der Waals surface area contributed by atoms with Crippen molar-refractivity contribution in [2.24, 2.45) is 0 Å². The molecule has 0 rings (SSSR count). The van der Waals surface area contributed by atoms with Gasteiger partial charge >= 0.3 is 0 Å². The fourth-order valence-electron chi connectivity index (χ4n) is 6.48. The second-order valence-electron chi connectivity index (χ2n) is 13.7. The van der Waals surface area contributed by atoms with Crippen LogP contribution in [0.1, 0.15) is 245 Å². The quantitative estimate of drug-likeness (QED) is 0.0759. The van der Waals surface area contributed by atoms with Crippen molar-refractivity contribution >= 4 is 0 Å². The lowest BCUT2D eigenvalue weighted by molar-refractivity contribution is 0.0140. The van der Waals surface area contributed by atoms with Crippen molar-refractivity contribution in [1.29, 1.82) is 0 Å². The van der Waals surface area contributed by atoms with Crippen molar-refractivity contribution < 1.29 is 5.11 Å². The van der Waals surface area contributed by atoms with Gasteiger partial charge in [-0.1, -0.05) is 226 Å². The molecule has 0 unspecified atom stereocenters. The minimum Gasteiger partial charge on any atom is -0.390 e. The van der Waals surface area contributed by atoms with Crippen LogP contribution in [0, 0.1) is 0 Å². The average Bonchev–Trinajstić information content (AvgIpc) is 2.96. The van der Waals surface area contributed by atoms with Gasteiger partial charge < -0.3 is 5.11 Å². The molecule has 0 amide bonds. The first kappa shape index (κ1) is 40.0. The highest BCUT2D eigenvalue weighted by molar-refractivity contribution is 4.76. The Labute approximate surface area is 255 Å². The minimum absolute atomic E-state index is 0.383. The molecular formula is C39H80O. The van der Waals surface area contributed by atoms with Crippen LogP contribution in [0.2, 0.25) is 0 Å². The molecule has 40 heavy (non-hydrogen) atoms. The molecule has 0 atom stereocenters. The zero-order valence-corrected chi connectivity index (χ0v) is 28.7. The van der Waals surface area contributed by atoms with Crippen LogP contribution in [0.3, 0.4) is 0 Å². The molecule has 0 radical (unpaired) electrons. The van der Waals surface area contributed by atoms with E-state index >= 15 is 0 Å². The second-order valence-corrected chi connectivity index (χ2v) is 13.7. The van der Waals surface area contributed by atoms with E-state index in [1.165, 1.54) is 205 Å². The molecule has 0 spiro atoms. The Hall–Kier alpha value is -0.0400. The average molecular weight is 565 g/mol. The largest absolute Gasteiger partial charge is 0.390 e. The fourth-order valence-corrected chi connectivity index (χ4v) is 6.48. The van der Waals surface area contributed by atoms with Crippen molar-refractivity contribution in [3.63, 3.8) is 0 Å². The van der Waals surface area contributed by atoms with E-state index in [-0.39, 0.29) is 5.60 Å². The van der Waals surface area contributed by atoms with Gasteiger partial charge in [0.25, 0.3) is 0 Å². The summed E-state index contributed by atoms with van der Waals surface area (Å²) < 4.78 is 0. The molecule has 0 saturated heterocycles. The molecule has 242 valence electrons. The Bertz CT molecular complexity index is 408. The van der Waals surface area contributed by atoms with Crippen LogP contribution in [-0.2, 0) is 0 Å². The lowest BCUT2D eigenvalue weighted by Crippen LogP contribution is -2.27. The Morgan fingerprint density at radius 2 is 0.450 bits per heavy atom. The van der Waals surface area contributed by atoms with E-state index in [0.717, 1.165) is 19.3 Å². The predicted octanol–water partition coefficient (Wildman–Crippen LogP) is 14.4. The molecule has 0 bridgehead atoms. The van der Waals surface area contributed by atoms with Crippen molar-refractivity contribution in [2.75, 3.05) is 0 Å². The molecule has 0 aromatic carbocycles. The zero-order valence-electron chi connectivity index (χ0n) is 28.7. The molecule has 0 aliphatic rings. The van der Waals surface area contributed by atoms with Crippen LogP contribution in [0.15, 0.2) is 0 Å². The molecule has 0 aromatic rings. The maximum atomic E-state index is 11.1. The normalized spacial score (nSPS) is 12.0. The number of rotatable bonds is 35. The minimum atomic E-state index is -0.383. The van der Waals surface area contributed by atoms with E-state index in [1.807, 2.05) is 0 Å². The summed E-state index contributed by atoms with van der Waals surface area (Å²) in [6.07, 6.45) is 48.3. The summed E-state index contributed by atoms with van der Waals surface area (Å²) in [5, 5.41) is 11.1. The third-order valence-electron chi connectivity index (χ3n) is 9.65. The summed E-state index contributed by atoms with van der Waals surface area (Å²) in [6.45, 7) is 6.79. The van der Waals surface area contributed by atoms with Gasteiger partial charge in [-0.2, -0.15) is 0 Å². The van der Waals surface area contributed by atoms with Crippen molar-refractivity contribution in [2.45, 2.75) is 251 Å². The lowest BCUT2D eigenvalue weighted by Gasteiger charge is -2.27. The zero-order chi connectivity index (χ0) is 29.2. The van der Waals surface area contributed by atoms with Gasteiger partial charge in [0.15, 0.2) is 0 Å². The Morgan fingerprint density at radius 3 is 0.625 bits per heavy atom. The van der Waals surface area contributed by atoms with E-state index in [4.69, 9.17) is 0 Å². The second kappa shape index (κ2) is 33.5. The van der Waals surface area contributed by atoms with Crippen molar-refractivity contribution in [3.8, 4) is 0 Å². The molecule has 0 aromatic heterocycles. The third-order valence-corrected chi connectivity index (χ3v) is 9.65. The summed E-state index contributed by atoms with van der Waals surface area (Å²) in [6, 6.07) is 0. The monoisotopic (exact) mass is 565 g/mol. The predicted molar refractivity (Wildman–Crippen MR) is 184 cm³/mol. The molecule has 0 saturated carbocycles. The highest BCUT2D eigenvalue weighted by Gasteiger charge is 2.23. The van der Waals surface area contributed by atoms with Gasteiger partial charge in [0.2, 0.25) is 0 Å². The Balaban J connectivity index is 3.38. The molecule has 0 fully saturated rings. The van der Waals surface area contributed by atoms with Gasteiger partial charge in [-0.3, -0.25) is 0 Å². The van der Waals surface area contributed by atoms with Gasteiger partial charge in [-0.15, -0.1) is 0 Å². The van der Waals surface area contributed by atoms with Crippen molar-refractivity contribution in [1.82, 2.24) is 0 Å².